The maximum absolute atomic E-state index is 12.9. The number of aromatic nitrogens is 5. The summed E-state index contributed by atoms with van der Waals surface area (Å²) < 4.78 is 1.69. The van der Waals surface area contributed by atoms with Crippen LogP contribution in [0.2, 0.25) is 0 Å². The number of carbonyl (C=O) groups excluding carboxylic acids is 1. The average Bonchev–Trinajstić information content (AvgIpc) is 3.44. The summed E-state index contributed by atoms with van der Waals surface area (Å²) in [7, 11) is 1.82. The topological polar surface area (TPSA) is 115 Å². The molecule has 10 heteroatoms. The summed E-state index contributed by atoms with van der Waals surface area (Å²) in [6, 6.07) is 13.9. The van der Waals surface area contributed by atoms with Crippen LogP contribution in [0.15, 0.2) is 48.7 Å². The number of carbonyl (C=O) groups is 1. The first-order valence-electron chi connectivity index (χ1n) is 11.8. The molecule has 10 nitrogen and oxygen atoms in total. The lowest BCUT2D eigenvalue weighted by Gasteiger charge is -2.44. The number of aryl methyl sites for hydroxylation is 1. The fraction of sp³-hybridized carbons (Fsp3) is 0.360. The number of nitrogens with zero attached hydrogens (tertiary/aromatic N) is 6. The normalized spacial score (nSPS) is 18.8. The Kier molecular flexibility index (Phi) is 6.23. The number of aliphatic hydroxyl groups is 1. The maximum atomic E-state index is 12.9. The minimum Gasteiger partial charge on any atom is -0.395 e. The number of hydrogen-bond acceptors (Lipinski definition) is 7. The van der Waals surface area contributed by atoms with Crippen molar-refractivity contribution in [2.75, 3.05) is 36.5 Å². The molecule has 182 valence electrons. The minimum absolute atomic E-state index is 0.160. The van der Waals surface area contributed by atoms with Crippen LogP contribution in [0.25, 0.3) is 22.6 Å². The largest absolute Gasteiger partial charge is 0.395 e. The number of pyridine rings is 1. The molecule has 4 aromatic rings. The summed E-state index contributed by atoms with van der Waals surface area (Å²) in [5.74, 6) is 1.71. The monoisotopic (exact) mass is 474 g/mol. The summed E-state index contributed by atoms with van der Waals surface area (Å²) in [6.45, 7) is 6.79. The molecule has 2 atom stereocenters. The van der Waals surface area contributed by atoms with Gasteiger partial charge in [-0.3, -0.25) is 14.4 Å². The Labute approximate surface area is 203 Å². The zero-order valence-corrected chi connectivity index (χ0v) is 20.1. The zero-order valence-electron chi connectivity index (χ0n) is 20.1. The molecule has 3 aromatic heterocycles. The second-order valence-corrected chi connectivity index (χ2v) is 9.06. The molecule has 1 aliphatic rings. The zero-order chi connectivity index (χ0) is 24.5. The van der Waals surface area contributed by atoms with Gasteiger partial charge in [-0.05, 0) is 38.1 Å². The highest BCUT2D eigenvalue weighted by Gasteiger charge is 2.29. The molecule has 0 saturated carbocycles. The van der Waals surface area contributed by atoms with Gasteiger partial charge in [-0.1, -0.05) is 12.1 Å². The highest BCUT2D eigenvalue weighted by atomic mass is 16.3. The number of rotatable bonds is 6. The fourth-order valence-electron chi connectivity index (χ4n) is 4.82. The van der Waals surface area contributed by atoms with Gasteiger partial charge in [-0.25, -0.2) is 9.97 Å². The third-order valence-corrected chi connectivity index (χ3v) is 6.55. The second kappa shape index (κ2) is 9.47. The Hall–Kier alpha value is -3.76. The Bertz CT molecular complexity index is 1280. The van der Waals surface area contributed by atoms with Crippen LogP contribution in [-0.4, -0.2) is 79.0 Å². The lowest BCUT2D eigenvalue weighted by molar-refractivity contribution is 0.102. The molecular formula is C25H30N8O2. The van der Waals surface area contributed by atoms with Crippen LogP contribution in [0.3, 0.4) is 0 Å². The number of benzene rings is 1. The summed E-state index contributed by atoms with van der Waals surface area (Å²) >= 11 is 0. The third-order valence-electron chi connectivity index (χ3n) is 6.55. The Morgan fingerprint density at radius 1 is 1.17 bits per heavy atom. The maximum Gasteiger partial charge on any atom is 0.258 e. The van der Waals surface area contributed by atoms with Crippen LogP contribution in [-0.2, 0) is 7.05 Å². The quantitative estimate of drug-likeness (QED) is 0.393. The van der Waals surface area contributed by atoms with Crippen LogP contribution < -0.4 is 10.2 Å². The first-order valence-corrected chi connectivity index (χ1v) is 11.8. The van der Waals surface area contributed by atoms with E-state index < -0.39 is 0 Å². The number of β-amino-alcohol motifs (C(OH)–C–C–N with tert-alkyl or cyclic N) is 1. The van der Waals surface area contributed by atoms with Gasteiger partial charge < -0.3 is 20.3 Å². The average molecular weight is 475 g/mol. The minimum atomic E-state index is -0.271. The molecule has 0 unspecified atom stereocenters. The van der Waals surface area contributed by atoms with E-state index in [0.717, 1.165) is 35.6 Å². The first kappa shape index (κ1) is 23.0. The summed E-state index contributed by atoms with van der Waals surface area (Å²) in [6.07, 6.45) is 1.60. The Morgan fingerprint density at radius 2 is 1.94 bits per heavy atom. The van der Waals surface area contributed by atoms with Gasteiger partial charge in [0.15, 0.2) is 11.6 Å². The molecule has 1 saturated heterocycles. The number of hydrogen-bond donors (Lipinski definition) is 3. The molecule has 0 aliphatic carbocycles. The number of amides is 1. The van der Waals surface area contributed by atoms with Crippen LogP contribution >= 0.6 is 0 Å². The van der Waals surface area contributed by atoms with E-state index in [4.69, 9.17) is 0 Å². The van der Waals surface area contributed by atoms with Crippen LogP contribution in [0.4, 0.5) is 11.6 Å². The van der Waals surface area contributed by atoms with E-state index in [9.17, 15) is 9.90 Å². The van der Waals surface area contributed by atoms with Crippen molar-refractivity contribution in [1.82, 2.24) is 29.6 Å². The molecule has 1 fully saturated rings. The fourth-order valence-corrected chi connectivity index (χ4v) is 4.82. The molecular weight excluding hydrogens is 444 g/mol. The summed E-state index contributed by atoms with van der Waals surface area (Å²) in [4.78, 5) is 29.8. The number of aliphatic hydroxyl groups excluding tert-OH is 1. The first-order chi connectivity index (χ1) is 16.9. The van der Waals surface area contributed by atoms with Crippen LogP contribution in [0.1, 0.15) is 24.2 Å². The Morgan fingerprint density at radius 3 is 2.63 bits per heavy atom. The number of para-hydroxylation sites is 2. The van der Waals surface area contributed by atoms with Gasteiger partial charge in [-0.15, -0.1) is 0 Å². The molecule has 4 heterocycles. The van der Waals surface area contributed by atoms with Crippen molar-refractivity contribution in [3.8, 4) is 11.5 Å². The Balaban J connectivity index is 1.27. The standard InChI is InChI=1S/C25H30N8O2/c1-16-14-32(15-17(2)33(16)10-11-34)23-9-8-18(13-26-23)25(35)29-22-12-21(31(3)30-22)24-27-19-6-4-5-7-20(19)28-24/h4-9,12-13,16-17,34H,10-11,14-15H2,1-3H3,(H,27,28)(H,29,30,35)/t16-,17+. The lowest BCUT2D eigenvalue weighted by Crippen LogP contribution is -2.57. The molecule has 1 aliphatic heterocycles. The van der Waals surface area contributed by atoms with Crippen LogP contribution in [0, 0.1) is 0 Å². The third kappa shape index (κ3) is 4.62. The van der Waals surface area contributed by atoms with E-state index in [2.05, 4.69) is 49.0 Å². The van der Waals surface area contributed by atoms with E-state index in [1.165, 1.54) is 0 Å². The lowest BCUT2D eigenvalue weighted by atomic mass is 10.1. The van der Waals surface area contributed by atoms with Gasteiger partial charge in [0.05, 0.1) is 23.2 Å². The molecule has 0 radical (unpaired) electrons. The second-order valence-electron chi connectivity index (χ2n) is 9.06. The van der Waals surface area contributed by atoms with E-state index in [1.807, 2.05) is 37.4 Å². The molecule has 1 amide bonds. The molecule has 5 rings (SSSR count). The number of aromatic amines is 1. The van der Waals surface area contributed by atoms with Crippen LogP contribution in [0.5, 0.6) is 0 Å². The number of anilines is 2. The van der Waals surface area contributed by atoms with E-state index >= 15 is 0 Å². The molecule has 1 aromatic carbocycles. The van der Waals surface area contributed by atoms with Gasteiger partial charge in [0.25, 0.3) is 5.91 Å². The highest BCUT2D eigenvalue weighted by Crippen LogP contribution is 2.24. The highest BCUT2D eigenvalue weighted by molar-refractivity contribution is 6.03. The number of H-pyrrole nitrogens is 1. The van der Waals surface area contributed by atoms with Gasteiger partial charge >= 0.3 is 0 Å². The van der Waals surface area contributed by atoms with E-state index in [0.29, 0.717) is 35.8 Å². The molecule has 0 bridgehead atoms. The molecule has 0 spiro atoms. The predicted molar refractivity (Wildman–Crippen MR) is 135 cm³/mol. The summed E-state index contributed by atoms with van der Waals surface area (Å²) in [5, 5.41) is 16.6. The predicted octanol–water partition coefficient (Wildman–Crippen LogP) is 2.50. The van der Waals surface area contributed by atoms with E-state index in [-0.39, 0.29) is 12.5 Å². The van der Waals surface area contributed by atoms with Gasteiger partial charge in [0.1, 0.15) is 11.5 Å². The number of nitrogens with one attached hydrogen (secondary N) is 2. The van der Waals surface area contributed by atoms with Crippen molar-refractivity contribution in [3.63, 3.8) is 0 Å². The van der Waals surface area contributed by atoms with Gasteiger partial charge in [0.2, 0.25) is 0 Å². The van der Waals surface area contributed by atoms with Gasteiger partial charge in [0, 0.05) is 51.0 Å². The van der Waals surface area contributed by atoms with Crippen molar-refractivity contribution in [3.05, 3.63) is 54.2 Å². The SMILES string of the molecule is C[C@@H]1CN(c2ccc(C(=O)Nc3cc(-c4nc5ccccc5[nH]4)n(C)n3)cn2)C[C@H](C)N1CCO. The molecule has 35 heavy (non-hydrogen) atoms. The number of imidazole rings is 1. The molecule has 3 N–H and O–H groups in total. The van der Waals surface area contributed by atoms with Crippen molar-refractivity contribution >= 4 is 28.6 Å². The van der Waals surface area contributed by atoms with Crippen molar-refractivity contribution in [2.24, 2.45) is 7.05 Å². The summed E-state index contributed by atoms with van der Waals surface area (Å²) in [5.41, 5.74) is 3.05. The van der Waals surface area contributed by atoms with Gasteiger partial charge in [-0.2, -0.15) is 5.10 Å². The van der Waals surface area contributed by atoms with E-state index in [1.54, 1.807) is 23.0 Å². The number of piperazine rings is 1. The number of fused-ring (bicyclic) bond motifs is 1. The van der Waals surface area contributed by atoms with Crippen molar-refractivity contribution in [1.29, 1.82) is 0 Å². The van der Waals surface area contributed by atoms with Crippen molar-refractivity contribution in [2.45, 2.75) is 25.9 Å². The van der Waals surface area contributed by atoms with Crippen molar-refractivity contribution < 1.29 is 9.90 Å². The smallest absolute Gasteiger partial charge is 0.258 e.